The van der Waals surface area contributed by atoms with Crippen LogP contribution in [-0.4, -0.2) is 24.9 Å². The highest BCUT2D eigenvalue weighted by Gasteiger charge is 2.42. The van der Waals surface area contributed by atoms with Crippen molar-refractivity contribution < 1.29 is 18.9 Å². The summed E-state index contributed by atoms with van der Waals surface area (Å²) in [6.07, 6.45) is 2.76. The van der Waals surface area contributed by atoms with Crippen LogP contribution in [0.4, 0.5) is 0 Å². The molecular formula is C42H46O4S. The minimum atomic E-state index is -0.328. The third-order valence-electron chi connectivity index (χ3n) is 9.29. The normalized spacial score (nSPS) is 19.9. The van der Waals surface area contributed by atoms with Crippen molar-refractivity contribution in [2.24, 2.45) is 0 Å². The number of rotatable bonds is 13. The fourth-order valence-electron chi connectivity index (χ4n) is 6.53. The Morgan fingerprint density at radius 3 is 2.19 bits per heavy atom. The van der Waals surface area contributed by atoms with Gasteiger partial charge in [0, 0.05) is 27.0 Å². The van der Waals surface area contributed by atoms with Crippen LogP contribution in [0.15, 0.2) is 116 Å². The number of benzene rings is 4. The lowest BCUT2D eigenvalue weighted by Crippen LogP contribution is -2.46. The summed E-state index contributed by atoms with van der Waals surface area (Å²) in [5, 5.41) is 1.26. The zero-order valence-electron chi connectivity index (χ0n) is 28.0. The summed E-state index contributed by atoms with van der Waals surface area (Å²) in [6.45, 7) is 14.3. The topological polar surface area (TPSA) is 36.9 Å². The molecule has 0 amide bonds. The van der Waals surface area contributed by atoms with Crippen molar-refractivity contribution in [2.45, 2.75) is 83.6 Å². The summed E-state index contributed by atoms with van der Waals surface area (Å²) in [6, 6.07) is 36.1. The molecule has 47 heavy (non-hydrogen) atoms. The summed E-state index contributed by atoms with van der Waals surface area (Å²) < 4.78 is 28.2. The number of aryl methyl sites for hydroxylation is 1. The predicted octanol–water partition coefficient (Wildman–Crippen LogP) is 10.5. The molecule has 0 unspecified atom stereocenters. The van der Waals surface area contributed by atoms with Gasteiger partial charge >= 0.3 is 0 Å². The van der Waals surface area contributed by atoms with Crippen LogP contribution in [0.1, 0.15) is 72.4 Å². The number of fused-ring (bicyclic) bond motifs is 1. The fraction of sp³-hybridized carbons (Fsp3) is 0.333. The monoisotopic (exact) mass is 646 g/mol. The minimum absolute atomic E-state index is 0.0486. The molecule has 6 rings (SSSR count). The van der Waals surface area contributed by atoms with Gasteiger partial charge in [0.1, 0.15) is 24.6 Å². The van der Waals surface area contributed by atoms with Gasteiger partial charge in [-0.1, -0.05) is 112 Å². The van der Waals surface area contributed by atoms with Crippen LogP contribution in [0.3, 0.4) is 0 Å². The summed E-state index contributed by atoms with van der Waals surface area (Å²) in [4.78, 5) is 1.29. The molecular weight excluding hydrogens is 601 g/mol. The lowest BCUT2D eigenvalue weighted by molar-refractivity contribution is -0.211. The average Bonchev–Trinajstić information content (AvgIpc) is 3.55. The fourth-order valence-corrected chi connectivity index (χ4v) is 7.71. The Morgan fingerprint density at radius 1 is 0.872 bits per heavy atom. The first-order valence-corrected chi connectivity index (χ1v) is 17.5. The van der Waals surface area contributed by atoms with Crippen molar-refractivity contribution in [3.8, 4) is 5.75 Å². The zero-order valence-corrected chi connectivity index (χ0v) is 28.8. The summed E-state index contributed by atoms with van der Waals surface area (Å²) >= 11 is 1.84. The van der Waals surface area contributed by atoms with Crippen molar-refractivity contribution in [1.29, 1.82) is 0 Å². The second kappa shape index (κ2) is 15.0. The molecule has 5 aromatic rings. The maximum Gasteiger partial charge on any atom is 0.124 e. The van der Waals surface area contributed by atoms with E-state index in [0.29, 0.717) is 19.8 Å². The van der Waals surface area contributed by atoms with E-state index in [4.69, 9.17) is 18.9 Å². The molecule has 0 spiro atoms. The molecule has 1 aromatic heterocycles. The number of ether oxygens (including phenoxy) is 4. The molecule has 0 radical (unpaired) electrons. The smallest absolute Gasteiger partial charge is 0.124 e. The molecule has 244 valence electrons. The maximum atomic E-state index is 6.97. The summed E-state index contributed by atoms with van der Waals surface area (Å²) in [5.74, 6) is 0.870. The highest BCUT2D eigenvalue weighted by molar-refractivity contribution is 7.19. The number of hydrogen-bond acceptors (Lipinski definition) is 5. The summed E-state index contributed by atoms with van der Waals surface area (Å²) in [5.41, 5.74) is 5.30. The van der Waals surface area contributed by atoms with E-state index in [1.54, 1.807) is 6.08 Å². The van der Waals surface area contributed by atoms with Gasteiger partial charge in [-0.25, -0.2) is 0 Å². The number of hydrogen-bond donors (Lipinski definition) is 0. The molecule has 1 saturated heterocycles. The Bertz CT molecular complexity index is 1730. The van der Waals surface area contributed by atoms with E-state index in [9.17, 15) is 0 Å². The zero-order chi connectivity index (χ0) is 32.8. The van der Waals surface area contributed by atoms with Crippen molar-refractivity contribution in [2.75, 3.05) is 6.61 Å². The van der Waals surface area contributed by atoms with E-state index in [2.05, 4.69) is 125 Å². The van der Waals surface area contributed by atoms with E-state index in [1.807, 2.05) is 23.5 Å². The van der Waals surface area contributed by atoms with Gasteiger partial charge < -0.3 is 18.9 Å². The third-order valence-corrected chi connectivity index (χ3v) is 10.7. The Balaban J connectivity index is 1.42. The lowest BCUT2D eigenvalue weighted by Gasteiger charge is -2.42. The van der Waals surface area contributed by atoms with Crippen LogP contribution in [0, 0.1) is 6.92 Å². The third kappa shape index (κ3) is 7.55. The average molecular weight is 647 g/mol. The lowest BCUT2D eigenvalue weighted by atomic mass is 9.79. The largest absolute Gasteiger partial charge is 0.489 e. The van der Waals surface area contributed by atoms with Gasteiger partial charge in [0.25, 0.3) is 0 Å². The summed E-state index contributed by atoms with van der Waals surface area (Å²) in [7, 11) is 0. The Kier molecular flexibility index (Phi) is 10.6. The number of thiophene rings is 1. The van der Waals surface area contributed by atoms with E-state index >= 15 is 0 Å². The van der Waals surface area contributed by atoms with Crippen LogP contribution in [0.2, 0.25) is 0 Å². The van der Waals surface area contributed by atoms with Gasteiger partial charge in [0.05, 0.1) is 25.4 Å². The molecule has 0 N–H and O–H groups in total. The molecule has 4 nitrogen and oxygen atoms in total. The molecule has 1 aliphatic heterocycles. The molecule has 1 aliphatic rings. The second-order valence-electron chi connectivity index (χ2n) is 13.0. The van der Waals surface area contributed by atoms with Gasteiger partial charge in [0.2, 0.25) is 0 Å². The van der Waals surface area contributed by atoms with Crippen LogP contribution in [0.5, 0.6) is 5.75 Å². The van der Waals surface area contributed by atoms with E-state index in [1.165, 1.54) is 15.0 Å². The molecule has 5 heteroatoms. The molecule has 1 fully saturated rings. The first-order valence-electron chi connectivity index (χ1n) is 16.7. The van der Waals surface area contributed by atoms with Crippen molar-refractivity contribution in [1.82, 2.24) is 0 Å². The first kappa shape index (κ1) is 33.2. The van der Waals surface area contributed by atoms with Gasteiger partial charge in [-0.05, 0) is 65.3 Å². The molecule has 0 saturated carbocycles. The van der Waals surface area contributed by atoms with E-state index in [-0.39, 0.29) is 29.8 Å². The highest BCUT2D eigenvalue weighted by Crippen LogP contribution is 2.46. The Morgan fingerprint density at radius 2 is 1.53 bits per heavy atom. The van der Waals surface area contributed by atoms with Crippen LogP contribution in [0.25, 0.3) is 10.1 Å². The Hall–Kier alpha value is -3.74. The van der Waals surface area contributed by atoms with Crippen molar-refractivity contribution in [3.63, 3.8) is 0 Å². The van der Waals surface area contributed by atoms with E-state index < -0.39 is 0 Å². The van der Waals surface area contributed by atoms with Crippen LogP contribution < -0.4 is 4.74 Å². The van der Waals surface area contributed by atoms with Crippen molar-refractivity contribution >= 4 is 21.4 Å². The maximum absolute atomic E-state index is 6.97. The SMILES string of the molecule is C=CCOc1cc(C)c([C@@H]2O[C@H](CC)C[C@H](OCc3ccccc3)[C@H]2OCc2ccccc2)cc1C(C)(C)c1cc2ccccc2s1. The quantitative estimate of drug-likeness (QED) is 0.119. The van der Waals surface area contributed by atoms with Gasteiger partial charge in [-0.15, -0.1) is 11.3 Å². The minimum Gasteiger partial charge on any atom is -0.489 e. The molecule has 0 aliphatic carbocycles. The first-order chi connectivity index (χ1) is 22.9. The predicted molar refractivity (Wildman–Crippen MR) is 193 cm³/mol. The van der Waals surface area contributed by atoms with Crippen molar-refractivity contribution in [3.05, 3.63) is 148 Å². The van der Waals surface area contributed by atoms with Crippen LogP contribution >= 0.6 is 11.3 Å². The second-order valence-corrected chi connectivity index (χ2v) is 14.1. The van der Waals surface area contributed by atoms with E-state index in [0.717, 1.165) is 46.4 Å². The molecule has 2 heterocycles. The molecule has 4 aromatic carbocycles. The highest BCUT2D eigenvalue weighted by atomic mass is 32.1. The van der Waals surface area contributed by atoms with Crippen LogP contribution in [-0.2, 0) is 32.8 Å². The standard InChI is InChI=1S/C42H46O4S/c1-6-22-43-36-23-29(3)34(26-35(36)42(4,5)39-24-32-20-14-15-21-38(32)47-39)40-41(45-28-31-18-12-9-13-19-31)37(25-33(7-2)46-40)44-27-30-16-10-8-11-17-30/h6,8-21,23-24,26,33,37,40-41H,1,7,22,25,27-28H2,2-5H3/t33-,37+,40+,41-/m1/s1. The van der Waals surface area contributed by atoms with Gasteiger partial charge in [-0.2, -0.15) is 0 Å². The Labute approximate surface area is 284 Å². The molecule has 0 bridgehead atoms. The van der Waals surface area contributed by atoms with Gasteiger partial charge in [-0.3, -0.25) is 0 Å². The van der Waals surface area contributed by atoms with Gasteiger partial charge in [0.15, 0.2) is 0 Å². The molecule has 4 atom stereocenters.